The highest BCUT2D eigenvalue weighted by atomic mass is 16.5. The van der Waals surface area contributed by atoms with Gasteiger partial charge in [0.25, 0.3) is 5.91 Å². The number of hydrogen-bond acceptors (Lipinski definition) is 7. The van der Waals surface area contributed by atoms with Gasteiger partial charge in [0, 0.05) is 20.3 Å². The van der Waals surface area contributed by atoms with E-state index in [0.29, 0.717) is 49.0 Å². The maximum absolute atomic E-state index is 13.2. The van der Waals surface area contributed by atoms with E-state index in [1.165, 1.54) is 18.1 Å². The average Bonchev–Trinajstić information content (AvgIpc) is 3.30. The van der Waals surface area contributed by atoms with E-state index in [2.05, 4.69) is 0 Å². The number of hydrogen-bond donors (Lipinski definition) is 1. The third-order valence-electron chi connectivity index (χ3n) is 5.06. The molecule has 0 radical (unpaired) electrons. The molecule has 1 atom stereocenters. The molecule has 0 saturated heterocycles. The maximum Gasteiger partial charge on any atom is 0.290 e. The second-order valence-corrected chi connectivity index (χ2v) is 7.09. The summed E-state index contributed by atoms with van der Waals surface area (Å²) in [7, 11) is 3.09. The Bertz CT molecular complexity index is 992. The molecule has 1 aliphatic rings. The quantitative estimate of drug-likeness (QED) is 0.455. The Labute approximate surface area is 181 Å². The number of ether oxygens (including phenoxy) is 3. The summed E-state index contributed by atoms with van der Waals surface area (Å²) in [6.45, 7) is 4.78. The Morgan fingerprint density at radius 3 is 2.58 bits per heavy atom. The molecule has 1 amide bonds. The summed E-state index contributed by atoms with van der Waals surface area (Å²) < 4.78 is 21.6. The van der Waals surface area contributed by atoms with Gasteiger partial charge in [-0.25, -0.2) is 0 Å². The number of methoxy groups -OCH3 is 2. The molecule has 0 spiro atoms. The van der Waals surface area contributed by atoms with Crippen LogP contribution in [0.5, 0.6) is 11.5 Å². The van der Waals surface area contributed by atoms with Crippen LogP contribution in [0.3, 0.4) is 0 Å². The van der Waals surface area contributed by atoms with Gasteiger partial charge in [-0.1, -0.05) is 6.07 Å². The zero-order chi connectivity index (χ0) is 22.5. The lowest BCUT2D eigenvalue weighted by molar-refractivity contribution is -0.129. The van der Waals surface area contributed by atoms with E-state index in [1.54, 1.807) is 38.3 Å². The van der Waals surface area contributed by atoms with Crippen LogP contribution in [-0.4, -0.2) is 55.7 Å². The second-order valence-electron chi connectivity index (χ2n) is 7.09. The van der Waals surface area contributed by atoms with Crippen molar-refractivity contribution in [3.05, 3.63) is 58.7 Å². The summed E-state index contributed by atoms with van der Waals surface area (Å²) in [6, 6.07) is 7.59. The van der Waals surface area contributed by atoms with Gasteiger partial charge in [-0.3, -0.25) is 9.59 Å². The number of aliphatic hydroxyl groups is 1. The Morgan fingerprint density at radius 2 is 1.97 bits per heavy atom. The summed E-state index contributed by atoms with van der Waals surface area (Å²) in [5, 5.41) is 10.7. The summed E-state index contributed by atoms with van der Waals surface area (Å²) in [5.74, 6) is -0.0825. The monoisotopic (exact) mass is 429 g/mol. The van der Waals surface area contributed by atoms with Crippen molar-refractivity contribution in [3.63, 3.8) is 0 Å². The largest absolute Gasteiger partial charge is 0.503 e. The van der Waals surface area contributed by atoms with Gasteiger partial charge in [-0.05, 0) is 50.1 Å². The van der Waals surface area contributed by atoms with Crippen molar-refractivity contribution in [3.8, 4) is 11.5 Å². The highest BCUT2D eigenvalue weighted by Gasteiger charge is 2.44. The SMILES string of the molecule is CCOc1ccc(C2C(C(=O)c3ccc(C)o3)=C(O)C(=O)N2CCCOC)cc1OC. The topological polar surface area (TPSA) is 98.4 Å². The lowest BCUT2D eigenvalue weighted by Gasteiger charge is -2.27. The van der Waals surface area contributed by atoms with Gasteiger partial charge in [-0.15, -0.1) is 0 Å². The summed E-state index contributed by atoms with van der Waals surface area (Å²) in [5.41, 5.74) is 0.588. The fourth-order valence-electron chi connectivity index (χ4n) is 3.66. The third-order valence-corrected chi connectivity index (χ3v) is 5.06. The van der Waals surface area contributed by atoms with Crippen LogP contribution in [-0.2, 0) is 9.53 Å². The number of Topliss-reactive ketones (excluding diaryl/α,β-unsaturated/α-hetero) is 1. The highest BCUT2D eigenvalue weighted by molar-refractivity contribution is 6.15. The molecule has 8 heteroatoms. The number of ketones is 1. The normalized spacial score (nSPS) is 16.2. The van der Waals surface area contributed by atoms with E-state index in [4.69, 9.17) is 18.6 Å². The molecule has 1 aromatic carbocycles. The molecule has 1 aromatic heterocycles. The number of aliphatic hydroxyl groups excluding tert-OH is 1. The Balaban J connectivity index is 2.07. The predicted molar refractivity (Wildman–Crippen MR) is 113 cm³/mol. The van der Waals surface area contributed by atoms with E-state index in [-0.39, 0.29) is 11.3 Å². The third kappa shape index (κ3) is 4.44. The molecular weight excluding hydrogens is 402 g/mol. The van der Waals surface area contributed by atoms with Crippen LogP contribution in [0.2, 0.25) is 0 Å². The molecule has 0 bridgehead atoms. The van der Waals surface area contributed by atoms with Crippen molar-refractivity contribution in [2.75, 3.05) is 34.0 Å². The highest BCUT2D eigenvalue weighted by Crippen LogP contribution is 2.41. The molecule has 2 heterocycles. The number of nitrogens with zero attached hydrogens (tertiary/aromatic N) is 1. The number of rotatable bonds is 10. The molecule has 0 saturated carbocycles. The zero-order valence-corrected chi connectivity index (χ0v) is 18.1. The van der Waals surface area contributed by atoms with E-state index in [1.807, 2.05) is 6.92 Å². The zero-order valence-electron chi connectivity index (χ0n) is 18.1. The lowest BCUT2D eigenvalue weighted by atomic mass is 9.94. The average molecular weight is 429 g/mol. The first-order valence-corrected chi connectivity index (χ1v) is 10.1. The maximum atomic E-state index is 13.2. The van der Waals surface area contributed by atoms with Gasteiger partial charge in [-0.2, -0.15) is 0 Å². The summed E-state index contributed by atoms with van der Waals surface area (Å²) in [4.78, 5) is 27.6. The van der Waals surface area contributed by atoms with Gasteiger partial charge in [0.2, 0.25) is 5.78 Å². The molecule has 8 nitrogen and oxygen atoms in total. The smallest absolute Gasteiger partial charge is 0.290 e. The Morgan fingerprint density at radius 1 is 1.19 bits per heavy atom. The van der Waals surface area contributed by atoms with Crippen molar-refractivity contribution in [1.29, 1.82) is 0 Å². The first-order valence-electron chi connectivity index (χ1n) is 10.1. The van der Waals surface area contributed by atoms with Gasteiger partial charge in [0.15, 0.2) is 23.0 Å². The van der Waals surface area contributed by atoms with Gasteiger partial charge in [0.1, 0.15) is 5.76 Å². The number of aryl methyl sites for hydroxylation is 1. The van der Waals surface area contributed by atoms with Gasteiger partial charge in [0.05, 0.1) is 25.3 Å². The molecule has 2 aromatic rings. The predicted octanol–water partition coefficient (Wildman–Crippen LogP) is 3.61. The molecule has 31 heavy (non-hydrogen) atoms. The molecule has 1 N–H and O–H groups in total. The lowest BCUT2D eigenvalue weighted by Crippen LogP contribution is -2.32. The van der Waals surface area contributed by atoms with Crippen LogP contribution in [0.1, 0.15) is 41.3 Å². The molecule has 0 aliphatic carbocycles. The van der Waals surface area contributed by atoms with Crippen LogP contribution in [0.15, 0.2) is 46.1 Å². The van der Waals surface area contributed by atoms with E-state index in [9.17, 15) is 14.7 Å². The van der Waals surface area contributed by atoms with Crippen LogP contribution < -0.4 is 9.47 Å². The number of benzene rings is 1. The standard InChI is InChI=1S/C23H27NO7/c1-5-30-16-10-8-15(13-18(16)29-4)20-19(21(25)17-9-7-14(2)31-17)22(26)23(27)24(20)11-6-12-28-3/h7-10,13,20,26H,5-6,11-12H2,1-4H3. The molecule has 1 aliphatic heterocycles. The van der Waals surface area contributed by atoms with Gasteiger partial charge >= 0.3 is 0 Å². The molecule has 0 fully saturated rings. The number of amides is 1. The molecule has 3 rings (SSSR count). The summed E-state index contributed by atoms with van der Waals surface area (Å²) in [6.07, 6.45) is 0.543. The first kappa shape index (κ1) is 22.4. The second kappa shape index (κ2) is 9.70. The first-order chi connectivity index (χ1) is 14.9. The number of furan rings is 1. The minimum absolute atomic E-state index is 0.0250. The van der Waals surface area contributed by atoms with Crippen LogP contribution in [0.4, 0.5) is 0 Å². The van der Waals surface area contributed by atoms with Crippen LogP contribution in [0.25, 0.3) is 0 Å². The molecule has 166 valence electrons. The van der Waals surface area contributed by atoms with Crippen molar-refractivity contribution < 1.29 is 33.3 Å². The van der Waals surface area contributed by atoms with E-state index in [0.717, 1.165) is 0 Å². The fraction of sp³-hybridized carbons (Fsp3) is 0.391. The summed E-state index contributed by atoms with van der Waals surface area (Å²) >= 11 is 0. The van der Waals surface area contributed by atoms with Crippen molar-refractivity contribution in [2.24, 2.45) is 0 Å². The van der Waals surface area contributed by atoms with Crippen molar-refractivity contribution in [2.45, 2.75) is 26.3 Å². The van der Waals surface area contributed by atoms with Crippen molar-refractivity contribution >= 4 is 11.7 Å². The van der Waals surface area contributed by atoms with E-state index < -0.39 is 23.5 Å². The van der Waals surface area contributed by atoms with Crippen LogP contribution in [0, 0.1) is 6.92 Å². The van der Waals surface area contributed by atoms with Gasteiger partial charge < -0.3 is 28.6 Å². The fourth-order valence-corrected chi connectivity index (χ4v) is 3.66. The van der Waals surface area contributed by atoms with Crippen LogP contribution >= 0.6 is 0 Å². The Kier molecular flexibility index (Phi) is 7.02. The minimum atomic E-state index is -0.799. The van der Waals surface area contributed by atoms with E-state index >= 15 is 0 Å². The molecular formula is C23H27NO7. The number of carbonyl (C=O) groups excluding carboxylic acids is 2. The minimum Gasteiger partial charge on any atom is -0.503 e. The molecule has 1 unspecified atom stereocenters. The number of carbonyl (C=O) groups is 2. The van der Waals surface area contributed by atoms with Crippen molar-refractivity contribution in [1.82, 2.24) is 4.90 Å². The Hall–Kier alpha value is -3.26.